The Kier molecular flexibility index (Phi) is 6.64. The minimum absolute atomic E-state index is 0.0443. The molecule has 0 bridgehead atoms. The number of rotatable bonds is 6. The number of aromatic amines is 1. The molecule has 30 heavy (non-hydrogen) atoms. The molecule has 0 aliphatic carbocycles. The minimum Gasteiger partial charge on any atom is -0.324 e. The number of thioether (sulfide) groups is 1. The number of benzene rings is 2. The molecule has 1 aromatic heterocycles. The Balaban J connectivity index is 1.74. The molecule has 0 saturated heterocycles. The standard InChI is InChI=1S/C20H18ClN3O4S2/c1-12-7-8-16(13(2)9-12)30(27,28)17-10-22-20(24-19(17)26)29-11-18(25)23-15-6-4-3-5-14(15)21/h3-10H,11H2,1-2H3,(H,23,25)(H,22,24,26). The van der Waals surface area contributed by atoms with Crippen molar-refractivity contribution in [3.8, 4) is 0 Å². The third kappa shape index (κ3) is 4.92. The molecule has 7 nitrogen and oxygen atoms in total. The summed E-state index contributed by atoms with van der Waals surface area (Å²) in [5, 5.41) is 3.19. The first kappa shape index (κ1) is 22.1. The van der Waals surface area contributed by atoms with E-state index in [-0.39, 0.29) is 21.7 Å². The second-order valence-corrected chi connectivity index (χ2v) is 9.73. The Bertz CT molecular complexity index is 1270. The van der Waals surface area contributed by atoms with Crippen molar-refractivity contribution < 1.29 is 13.2 Å². The number of H-pyrrole nitrogens is 1. The average molecular weight is 464 g/mol. The molecule has 0 aliphatic rings. The van der Waals surface area contributed by atoms with Crippen LogP contribution in [0.25, 0.3) is 0 Å². The Morgan fingerprint density at radius 2 is 1.90 bits per heavy atom. The summed E-state index contributed by atoms with van der Waals surface area (Å²) in [6.45, 7) is 3.52. The highest BCUT2D eigenvalue weighted by atomic mass is 35.5. The van der Waals surface area contributed by atoms with Gasteiger partial charge in [-0.05, 0) is 37.6 Å². The van der Waals surface area contributed by atoms with Crippen LogP contribution in [0.1, 0.15) is 11.1 Å². The number of hydrogen-bond donors (Lipinski definition) is 2. The number of nitrogens with zero attached hydrogens (tertiary/aromatic N) is 1. The number of halogens is 1. The maximum Gasteiger partial charge on any atom is 0.270 e. The number of sulfone groups is 1. The number of para-hydroxylation sites is 1. The van der Waals surface area contributed by atoms with E-state index in [1.54, 1.807) is 43.3 Å². The summed E-state index contributed by atoms with van der Waals surface area (Å²) in [5.41, 5.74) is 1.14. The third-order valence-electron chi connectivity index (χ3n) is 4.14. The highest BCUT2D eigenvalue weighted by Crippen LogP contribution is 2.23. The molecule has 1 heterocycles. The van der Waals surface area contributed by atoms with E-state index < -0.39 is 20.3 Å². The van der Waals surface area contributed by atoms with Gasteiger partial charge in [0, 0.05) is 0 Å². The third-order valence-corrected chi connectivity index (χ3v) is 7.26. The molecule has 10 heteroatoms. The molecule has 1 amide bonds. The smallest absolute Gasteiger partial charge is 0.270 e. The zero-order chi connectivity index (χ0) is 21.9. The summed E-state index contributed by atoms with van der Waals surface area (Å²) in [5.74, 6) is -0.389. The normalized spacial score (nSPS) is 11.3. The lowest BCUT2D eigenvalue weighted by Crippen LogP contribution is -2.20. The zero-order valence-corrected chi connectivity index (χ0v) is 18.5. The van der Waals surface area contributed by atoms with Gasteiger partial charge in [-0.15, -0.1) is 0 Å². The minimum atomic E-state index is -4.02. The monoisotopic (exact) mass is 463 g/mol. The first-order chi connectivity index (χ1) is 14.2. The van der Waals surface area contributed by atoms with Crippen LogP contribution in [-0.4, -0.2) is 30.0 Å². The van der Waals surface area contributed by atoms with Gasteiger partial charge in [0.1, 0.15) is 0 Å². The first-order valence-electron chi connectivity index (χ1n) is 8.77. The lowest BCUT2D eigenvalue weighted by Gasteiger charge is -2.09. The SMILES string of the molecule is Cc1ccc(S(=O)(=O)c2cnc(SCC(=O)Nc3ccccc3Cl)[nH]c2=O)c(C)c1. The van der Waals surface area contributed by atoms with Crippen LogP contribution >= 0.6 is 23.4 Å². The van der Waals surface area contributed by atoms with E-state index in [4.69, 9.17) is 11.6 Å². The fourth-order valence-electron chi connectivity index (χ4n) is 2.73. The Hall–Kier alpha value is -2.62. The topological polar surface area (TPSA) is 109 Å². The number of carbonyl (C=O) groups excluding carboxylic acids is 1. The number of amides is 1. The average Bonchev–Trinajstić information content (AvgIpc) is 2.67. The molecular weight excluding hydrogens is 446 g/mol. The van der Waals surface area contributed by atoms with E-state index in [1.807, 2.05) is 6.92 Å². The first-order valence-corrected chi connectivity index (χ1v) is 11.6. The zero-order valence-electron chi connectivity index (χ0n) is 16.1. The predicted octanol–water partition coefficient (Wildman–Crippen LogP) is 3.60. The molecule has 0 saturated carbocycles. The van der Waals surface area contributed by atoms with Crippen LogP contribution < -0.4 is 10.9 Å². The Morgan fingerprint density at radius 3 is 2.57 bits per heavy atom. The van der Waals surface area contributed by atoms with Crippen LogP contribution in [-0.2, 0) is 14.6 Å². The van der Waals surface area contributed by atoms with Crippen molar-refractivity contribution in [2.24, 2.45) is 0 Å². The molecule has 0 atom stereocenters. The molecular formula is C20H18ClN3O4S2. The van der Waals surface area contributed by atoms with Gasteiger partial charge in [-0.3, -0.25) is 9.59 Å². The largest absolute Gasteiger partial charge is 0.324 e. The van der Waals surface area contributed by atoms with Crippen molar-refractivity contribution >= 4 is 44.8 Å². The Labute approximate surface area is 182 Å². The maximum atomic E-state index is 12.9. The second kappa shape index (κ2) is 9.03. The van der Waals surface area contributed by atoms with Crippen molar-refractivity contribution in [3.63, 3.8) is 0 Å². The van der Waals surface area contributed by atoms with E-state index in [1.165, 1.54) is 6.07 Å². The summed E-state index contributed by atoms with van der Waals surface area (Å²) in [4.78, 5) is 30.5. The molecule has 2 aromatic carbocycles. The van der Waals surface area contributed by atoms with E-state index >= 15 is 0 Å². The van der Waals surface area contributed by atoms with Crippen LogP contribution in [0.4, 0.5) is 5.69 Å². The van der Waals surface area contributed by atoms with Crippen molar-refractivity contribution in [3.05, 3.63) is 75.2 Å². The van der Waals surface area contributed by atoms with Gasteiger partial charge in [-0.1, -0.05) is 53.2 Å². The number of nitrogens with one attached hydrogen (secondary N) is 2. The Morgan fingerprint density at radius 1 is 1.17 bits per heavy atom. The number of aromatic nitrogens is 2. The van der Waals surface area contributed by atoms with Crippen molar-refractivity contribution in [2.45, 2.75) is 28.8 Å². The molecule has 3 aromatic rings. The molecule has 0 spiro atoms. The van der Waals surface area contributed by atoms with Gasteiger partial charge in [0.25, 0.3) is 5.56 Å². The van der Waals surface area contributed by atoms with Gasteiger partial charge in [0.15, 0.2) is 10.1 Å². The van der Waals surface area contributed by atoms with E-state index in [2.05, 4.69) is 15.3 Å². The van der Waals surface area contributed by atoms with Gasteiger partial charge in [-0.2, -0.15) is 0 Å². The molecule has 0 radical (unpaired) electrons. The van der Waals surface area contributed by atoms with Gasteiger partial charge in [-0.25, -0.2) is 13.4 Å². The van der Waals surface area contributed by atoms with Crippen LogP contribution in [0.3, 0.4) is 0 Å². The van der Waals surface area contributed by atoms with Crippen molar-refractivity contribution in [1.29, 1.82) is 0 Å². The predicted molar refractivity (Wildman–Crippen MR) is 117 cm³/mol. The highest BCUT2D eigenvalue weighted by molar-refractivity contribution is 7.99. The summed E-state index contributed by atoms with van der Waals surface area (Å²) in [6.07, 6.45) is 1.02. The summed E-state index contributed by atoms with van der Waals surface area (Å²) in [7, 11) is -4.02. The molecule has 2 N–H and O–H groups in total. The van der Waals surface area contributed by atoms with E-state index in [9.17, 15) is 18.0 Å². The number of aryl methyl sites for hydroxylation is 2. The van der Waals surface area contributed by atoms with E-state index in [0.29, 0.717) is 16.3 Å². The fraction of sp³-hybridized carbons (Fsp3) is 0.150. The van der Waals surface area contributed by atoms with Gasteiger partial charge < -0.3 is 10.3 Å². The van der Waals surface area contributed by atoms with Crippen LogP contribution in [0.15, 0.2) is 68.4 Å². The summed E-state index contributed by atoms with van der Waals surface area (Å²) < 4.78 is 25.7. The quantitative estimate of drug-likeness (QED) is 0.427. The van der Waals surface area contributed by atoms with Crippen molar-refractivity contribution in [2.75, 3.05) is 11.1 Å². The number of carbonyl (C=O) groups is 1. The number of anilines is 1. The fourth-order valence-corrected chi connectivity index (χ4v) is 5.00. The lowest BCUT2D eigenvalue weighted by molar-refractivity contribution is -0.113. The molecule has 0 aliphatic heterocycles. The van der Waals surface area contributed by atoms with Gasteiger partial charge >= 0.3 is 0 Å². The van der Waals surface area contributed by atoms with Crippen molar-refractivity contribution in [1.82, 2.24) is 9.97 Å². The molecule has 0 unspecified atom stereocenters. The van der Waals surface area contributed by atoms with E-state index in [0.717, 1.165) is 23.5 Å². The molecule has 3 rings (SSSR count). The maximum absolute atomic E-state index is 12.9. The van der Waals surface area contributed by atoms with Gasteiger partial charge in [0.2, 0.25) is 15.7 Å². The van der Waals surface area contributed by atoms with Gasteiger partial charge in [0.05, 0.1) is 27.6 Å². The molecule has 0 fully saturated rings. The van der Waals surface area contributed by atoms with Crippen LogP contribution in [0, 0.1) is 13.8 Å². The highest BCUT2D eigenvalue weighted by Gasteiger charge is 2.24. The second-order valence-electron chi connectivity index (χ2n) is 6.47. The van der Waals surface area contributed by atoms with Crippen LogP contribution in [0.2, 0.25) is 5.02 Å². The summed E-state index contributed by atoms with van der Waals surface area (Å²) in [6, 6.07) is 11.7. The lowest BCUT2D eigenvalue weighted by atomic mass is 10.2. The molecule has 156 valence electrons. The number of hydrogen-bond acceptors (Lipinski definition) is 6. The van der Waals surface area contributed by atoms with Crippen LogP contribution in [0.5, 0.6) is 0 Å². The summed E-state index contributed by atoms with van der Waals surface area (Å²) >= 11 is 6.97.